The summed E-state index contributed by atoms with van der Waals surface area (Å²) in [6.45, 7) is 4.64. The summed E-state index contributed by atoms with van der Waals surface area (Å²) in [4.78, 5) is 5.16. The van der Waals surface area contributed by atoms with Gasteiger partial charge in [0.15, 0.2) is 0 Å². The molecule has 1 aromatic heterocycles. The van der Waals surface area contributed by atoms with Crippen molar-refractivity contribution in [3.63, 3.8) is 0 Å². The van der Waals surface area contributed by atoms with Crippen molar-refractivity contribution in [2.75, 3.05) is 0 Å². The minimum atomic E-state index is -0.0875. The fourth-order valence-corrected chi connectivity index (χ4v) is 5.78. The molecule has 1 nitrogen and oxygen atoms in total. The van der Waals surface area contributed by atoms with Crippen molar-refractivity contribution in [1.29, 1.82) is 0 Å². The standard InChI is InChI=1S/C30H20N.Ir/c1-30(2)25-15-6-5-11-20(25)22-13-7-14-23(29(22)30)27-17-24-19-10-4-3-9-18(19)21-12-8-16-26(31-27)28(21)24;/h3-13,15-17H,1-2H3;/q-1;. The summed E-state index contributed by atoms with van der Waals surface area (Å²) < 4.78 is 0. The van der Waals surface area contributed by atoms with Crippen molar-refractivity contribution in [1.82, 2.24) is 4.98 Å². The molecule has 32 heavy (non-hydrogen) atoms. The second kappa shape index (κ2) is 6.72. The summed E-state index contributed by atoms with van der Waals surface area (Å²) in [6, 6.07) is 34.1. The Bertz CT molecular complexity index is 1560. The minimum Gasteiger partial charge on any atom is -0.296 e. The van der Waals surface area contributed by atoms with Crippen LogP contribution in [0.4, 0.5) is 0 Å². The molecule has 0 aliphatic heterocycles. The fourth-order valence-electron chi connectivity index (χ4n) is 5.78. The van der Waals surface area contributed by atoms with E-state index in [9.17, 15) is 0 Å². The first kappa shape index (κ1) is 19.6. The Labute approximate surface area is 201 Å². The Balaban J connectivity index is 0.00000196. The van der Waals surface area contributed by atoms with E-state index in [4.69, 9.17) is 4.98 Å². The molecule has 0 atom stereocenters. The normalized spacial score (nSPS) is 13.9. The first-order chi connectivity index (χ1) is 15.1. The Morgan fingerprint density at radius 2 is 1.38 bits per heavy atom. The Morgan fingerprint density at radius 3 is 2.19 bits per heavy atom. The largest absolute Gasteiger partial charge is 0.296 e. The Morgan fingerprint density at radius 1 is 0.688 bits per heavy atom. The van der Waals surface area contributed by atoms with Crippen molar-refractivity contribution in [3.8, 4) is 44.6 Å². The SMILES string of the molecule is CC1(C)c2ccccc2-c2cc[c-]c(-c3cc4c5c(cccc5n3)-c3ccccc3-4)c21.[Ir]. The van der Waals surface area contributed by atoms with Crippen molar-refractivity contribution < 1.29 is 20.1 Å². The van der Waals surface area contributed by atoms with E-state index in [0.717, 1.165) is 16.8 Å². The van der Waals surface area contributed by atoms with Gasteiger partial charge in [-0.1, -0.05) is 86.1 Å². The van der Waals surface area contributed by atoms with Gasteiger partial charge in [-0.25, -0.2) is 0 Å². The molecule has 0 unspecified atom stereocenters. The summed E-state index contributed by atoms with van der Waals surface area (Å²) >= 11 is 0. The van der Waals surface area contributed by atoms with Gasteiger partial charge in [-0.05, 0) is 50.6 Å². The van der Waals surface area contributed by atoms with Crippen LogP contribution in [-0.2, 0) is 25.5 Å². The summed E-state index contributed by atoms with van der Waals surface area (Å²) in [6.07, 6.45) is 0. The molecule has 4 aromatic carbocycles. The smallest absolute Gasteiger partial charge is 0.0607 e. The van der Waals surface area contributed by atoms with Crippen LogP contribution in [0.15, 0.2) is 84.9 Å². The van der Waals surface area contributed by atoms with Crippen LogP contribution in [0.25, 0.3) is 55.5 Å². The third-order valence-corrected chi connectivity index (χ3v) is 7.11. The quantitative estimate of drug-likeness (QED) is 0.180. The van der Waals surface area contributed by atoms with Gasteiger partial charge in [0.25, 0.3) is 0 Å². The van der Waals surface area contributed by atoms with Gasteiger partial charge in [-0.3, -0.25) is 4.98 Å². The van der Waals surface area contributed by atoms with Crippen LogP contribution < -0.4 is 0 Å². The maximum Gasteiger partial charge on any atom is 0.0607 e. The molecule has 2 aliphatic carbocycles. The molecule has 2 heteroatoms. The molecule has 0 saturated carbocycles. The first-order valence-electron chi connectivity index (χ1n) is 10.8. The second-order valence-electron chi connectivity index (χ2n) is 9.11. The van der Waals surface area contributed by atoms with Crippen LogP contribution in [0.3, 0.4) is 0 Å². The Hall–Kier alpha value is -3.06. The molecule has 0 bridgehead atoms. The van der Waals surface area contributed by atoms with Crippen molar-refractivity contribution in [2.45, 2.75) is 19.3 Å². The molecule has 0 saturated heterocycles. The monoisotopic (exact) mass is 587 g/mol. The number of hydrogen-bond donors (Lipinski definition) is 0. The van der Waals surface area contributed by atoms with E-state index in [1.807, 2.05) is 0 Å². The summed E-state index contributed by atoms with van der Waals surface area (Å²) in [5.74, 6) is 0. The van der Waals surface area contributed by atoms with Gasteiger partial charge in [-0.2, -0.15) is 0 Å². The second-order valence-corrected chi connectivity index (χ2v) is 9.11. The third-order valence-electron chi connectivity index (χ3n) is 7.11. The number of fused-ring (bicyclic) bond motifs is 6. The number of hydrogen-bond acceptors (Lipinski definition) is 1. The van der Waals surface area contributed by atoms with Crippen LogP contribution in [0.5, 0.6) is 0 Å². The molecular formula is C30H20IrN-. The molecule has 5 aromatic rings. The van der Waals surface area contributed by atoms with Crippen LogP contribution >= 0.6 is 0 Å². The summed E-state index contributed by atoms with van der Waals surface area (Å²) in [5, 5.41) is 1.27. The van der Waals surface area contributed by atoms with E-state index in [1.165, 1.54) is 49.9 Å². The number of nitrogens with zero attached hydrogens (tertiary/aromatic N) is 1. The Kier molecular flexibility index (Phi) is 4.12. The number of pyridine rings is 1. The molecular weight excluding hydrogens is 567 g/mol. The predicted octanol–water partition coefficient (Wildman–Crippen LogP) is 7.65. The van der Waals surface area contributed by atoms with E-state index in [2.05, 4.69) is 105 Å². The van der Waals surface area contributed by atoms with E-state index in [0.29, 0.717) is 0 Å². The van der Waals surface area contributed by atoms with Crippen molar-refractivity contribution >= 4 is 10.9 Å². The molecule has 1 heterocycles. The van der Waals surface area contributed by atoms with Crippen molar-refractivity contribution in [3.05, 3.63) is 102 Å². The van der Waals surface area contributed by atoms with Gasteiger partial charge in [0, 0.05) is 25.5 Å². The first-order valence-corrected chi connectivity index (χ1v) is 10.8. The maximum absolute atomic E-state index is 5.16. The summed E-state index contributed by atoms with van der Waals surface area (Å²) in [5.41, 5.74) is 13.6. The van der Waals surface area contributed by atoms with E-state index in [-0.39, 0.29) is 25.5 Å². The number of rotatable bonds is 1. The zero-order chi connectivity index (χ0) is 20.7. The molecule has 7 rings (SSSR count). The van der Waals surface area contributed by atoms with E-state index < -0.39 is 0 Å². The van der Waals surface area contributed by atoms with E-state index in [1.54, 1.807) is 0 Å². The average molecular weight is 587 g/mol. The van der Waals surface area contributed by atoms with E-state index >= 15 is 0 Å². The van der Waals surface area contributed by atoms with Gasteiger partial charge in [0.2, 0.25) is 0 Å². The zero-order valence-corrected chi connectivity index (χ0v) is 20.3. The van der Waals surface area contributed by atoms with Gasteiger partial charge in [0.05, 0.1) is 5.52 Å². The predicted molar refractivity (Wildman–Crippen MR) is 128 cm³/mol. The van der Waals surface area contributed by atoms with Gasteiger partial charge < -0.3 is 0 Å². The van der Waals surface area contributed by atoms with Crippen LogP contribution in [-0.4, -0.2) is 4.98 Å². The number of benzene rings is 4. The number of aromatic nitrogens is 1. The molecule has 0 fully saturated rings. The molecule has 0 amide bonds. The van der Waals surface area contributed by atoms with Crippen LogP contribution in [0.1, 0.15) is 25.0 Å². The fraction of sp³-hybridized carbons (Fsp3) is 0.100. The maximum atomic E-state index is 5.16. The molecule has 2 aliphatic rings. The molecule has 1 radical (unpaired) electrons. The molecule has 155 valence electrons. The van der Waals surface area contributed by atoms with Gasteiger partial charge >= 0.3 is 0 Å². The molecule has 0 spiro atoms. The zero-order valence-electron chi connectivity index (χ0n) is 17.9. The third kappa shape index (κ3) is 2.40. The molecule has 0 N–H and O–H groups in total. The topological polar surface area (TPSA) is 12.9 Å². The average Bonchev–Trinajstić information content (AvgIpc) is 3.25. The van der Waals surface area contributed by atoms with Crippen LogP contribution in [0.2, 0.25) is 0 Å². The van der Waals surface area contributed by atoms with Gasteiger partial charge in [0.1, 0.15) is 0 Å². The van der Waals surface area contributed by atoms with Gasteiger partial charge in [-0.15, -0.1) is 29.3 Å². The summed E-state index contributed by atoms with van der Waals surface area (Å²) in [7, 11) is 0. The minimum absolute atomic E-state index is 0. The van der Waals surface area contributed by atoms with Crippen molar-refractivity contribution in [2.24, 2.45) is 0 Å². The van der Waals surface area contributed by atoms with Crippen LogP contribution in [0, 0.1) is 6.07 Å².